The number of hydrogen-bond donors (Lipinski definition) is 0. The number of carbonyl (C=O) groups is 1. The highest BCUT2D eigenvalue weighted by Gasteiger charge is 2.26. The van der Waals surface area contributed by atoms with E-state index in [0.717, 1.165) is 31.8 Å². The zero-order chi connectivity index (χ0) is 16.0. The van der Waals surface area contributed by atoms with Crippen molar-refractivity contribution in [3.63, 3.8) is 0 Å². The molecule has 1 aromatic heterocycles. The first-order chi connectivity index (χ1) is 10.4. The summed E-state index contributed by atoms with van der Waals surface area (Å²) in [7, 11) is 0. The predicted octanol–water partition coefficient (Wildman–Crippen LogP) is 5.27. The van der Waals surface area contributed by atoms with Gasteiger partial charge in [-0.05, 0) is 69.6 Å². The first-order valence-corrected chi connectivity index (χ1v) is 9.95. The van der Waals surface area contributed by atoms with Gasteiger partial charge >= 0.3 is 6.09 Å². The minimum atomic E-state index is -0.396. The van der Waals surface area contributed by atoms with Gasteiger partial charge in [0.25, 0.3) is 0 Å². The summed E-state index contributed by atoms with van der Waals surface area (Å²) in [6.45, 7) is 7.45. The number of amides is 1. The summed E-state index contributed by atoms with van der Waals surface area (Å²) in [4.78, 5) is 13.9. The van der Waals surface area contributed by atoms with Gasteiger partial charge in [0.1, 0.15) is 5.60 Å². The number of rotatable bonds is 5. The van der Waals surface area contributed by atoms with Crippen molar-refractivity contribution in [3.05, 3.63) is 17.5 Å². The lowest BCUT2D eigenvalue weighted by Crippen LogP contribution is -2.41. The number of thiophene rings is 1. The Hall–Kier alpha value is -0.680. The third-order valence-corrected chi connectivity index (χ3v) is 5.98. The monoisotopic (exact) mass is 341 g/mol. The van der Waals surface area contributed by atoms with E-state index in [0.29, 0.717) is 0 Å². The third-order valence-electron chi connectivity index (χ3n) is 3.76. The van der Waals surface area contributed by atoms with Gasteiger partial charge in [-0.25, -0.2) is 4.79 Å². The molecular weight excluding hydrogens is 314 g/mol. The molecule has 0 atom stereocenters. The zero-order valence-electron chi connectivity index (χ0n) is 13.8. The van der Waals surface area contributed by atoms with Gasteiger partial charge in [-0.15, -0.1) is 23.1 Å². The van der Waals surface area contributed by atoms with E-state index in [2.05, 4.69) is 17.5 Å². The predicted molar refractivity (Wildman–Crippen MR) is 94.8 cm³/mol. The van der Waals surface area contributed by atoms with Crippen molar-refractivity contribution in [2.24, 2.45) is 5.92 Å². The van der Waals surface area contributed by atoms with Crippen molar-refractivity contribution in [2.75, 3.05) is 18.8 Å². The van der Waals surface area contributed by atoms with Gasteiger partial charge in [0, 0.05) is 13.1 Å². The van der Waals surface area contributed by atoms with Gasteiger partial charge in [-0.2, -0.15) is 0 Å². The van der Waals surface area contributed by atoms with E-state index in [4.69, 9.17) is 4.74 Å². The third kappa shape index (κ3) is 6.21. The molecular formula is C17H27NO2S2. The zero-order valence-corrected chi connectivity index (χ0v) is 15.5. The Kier molecular flexibility index (Phi) is 6.63. The lowest BCUT2D eigenvalue weighted by atomic mass is 9.93. The first kappa shape index (κ1) is 17.7. The maximum Gasteiger partial charge on any atom is 0.410 e. The van der Waals surface area contributed by atoms with Crippen molar-refractivity contribution >= 4 is 29.2 Å². The van der Waals surface area contributed by atoms with Gasteiger partial charge in [0.2, 0.25) is 0 Å². The van der Waals surface area contributed by atoms with Crippen LogP contribution in [-0.4, -0.2) is 35.4 Å². The number of thioether (sulfide) groups is 1. The molecule has 0 aliphatic carbocycles. The fraction of sp³-hybridized carbons (Fsp3) is 0.706. The van der Waals surface area contributed by atoms with Crippen LogP contribution in [0.4, 0.5) is 4.79 Å². The summed E-state index contributed by atoms with van der Waals surface area (Å²) in [5, 5.41) is 2.13. The lowest BCUT2D eigenvalue weighted by Gasteiger charge is -2.33. The molecule has 124 valence electrons. The highest BCUT2D eigenvalue weighted by Crippen LogP contribution is 2.27. The molecule has 0 spiro atoms. The van der Waals surface area contributed by atoms with Crippen LogP contribution in [0.5, 0.6) is 0 Å². The average molecular weight is 342 g/mol. The van der Waals surface area contributed by atoms with E-state index in [1.165, 1.54) is 22.8 Å². The molecule has 1 fully saturated rings. The largest absolute Gasteiger partial charge is 0.444 e. The molecule has 5 heteroatoms. The van der Waals surface area contributed by atoms with Crippen LogP contribution in [0.2, 0.25) is 0 Å². The molecule has 0 bridgehead atoms. The van der Waals surface area contributed by atoms with Crippen molar-refractivity contribution in [2.45, 2.75) is 56.3 Å². The summed E-state index contributed by atoms with van der Waals surface area (Å²) in [5.74, 6) is 1.97. The van der Waals surface area contributed by atoms with Gasteiger partial charge in [0.15, 0.2) is 0 Å². The topological polar surface area (TPSA) is 29.5 Å². The lowest BCUT2D eigenvalue weighted by molar-refractivity contribution is 0.0181. The molecule has 22 heavy (non-hydrogen) atoms. The number of hydrogen-bond acceptors (Lipinski definition) is 4. The van der Waals surface area contributed by atoms with Crippen LogP contribution in [0.15, 0.2) is 21.7 Å². The molecule has 1 aliphatic heterocycles. The molecule has 0 saturated carbocycles. The Morgan fingerprint density at radius 1 is 1.41 bits per heavy atom. The second-order valence-electron chi connectivity index (χ2n) is 6.83. The maximum absolute atomic E-state index is 12.0. The number of likely N-dealkylation sites (tertiary alicyclic amines) is 1. The van der Waals surface area contributed by atoms with Crippen molar-refractivity contribution < 1.29 is 9.53 Å². The van der Waals surface area contributed by atoms with Crippen LogP contribution in [-0.2, 0) is 4.74 Å². The molecule has 1 saturated heterocycles. The maximum atomic E-state index is 12.0. The Labute approximate surface area is 142 Å². The molecule has 1 aromatic rings. The van der Waals surface area contributed by atoms with E-state index in [1.807, 2.05) is 48.8 Å². The molecule has 0 aromatic carbocycles. The quantitative estimate of drug-likeness (QED) is 0.540. The smallest absolute Gasteiger partial charge is 0.410 e. The van der Waals surface area contributed by atoms with Crippen LogP contribution in [0.1, 0.15) is 46.5 Å². The minimum Gasteiger partial charge on any atom is -0.444 e. The van der Waals surface area contributed by atoms with Gasteiger partial charge in [-0.3, -0.25) is 0 Å². The summed E-state index contributed by atoms with van der Waals surface area (Å²) in [5.41, 5.74) is -0.396. The standard InChI is InChI=1S/C17H27NO2S2/c1-17(2,3)20-16(19)18-10-8-14(9-11-18)6-4-12-21-15-7-5-13-22-15/h5,7,13-14H,4,6,8-12H2,1-3H3. The van der Waals surface area contributed by atoms with Gasteiger partial charge in [0.05, 0.1) is 4.21 Å². The fourth-order valence-corrected chi connectivity index (χ4v) is 4.45. The Morgan fingerprint density at radius 3 is 2.73 bits per heavy atom. The second kappa shape index (κ2) is 8.25. The number of piperidine rings is 1. The van der Waals surface area contributed by atoms with E-state index in [1.54, 1.807) is 0 Å². The normalized spacial score (nSPS) is 16.8. The number of ether oxygens (including phenoxy) is 1. The van der Waals surface area contributed by atoms with E-state index in [9.17, 15) is 4.79 Å². The minimum absolute atomic E-state index is 0.154. The van der Waals surface area contributed by atoms with E-state index < -0.39 is 5.60 Å². The van der Waals surface area contributed by atoms with Crippen LogP contribution < -0.4 is 0 Å². The average Bonchev–Trinajstić information content (AvgIpc) is 2.95. The summed E-state index contributed by atoms with van der Waals surface area (Å²) in [6, 6.07) is 4.30. The Balaban J connectivity index is 1.59. The summed E-state index contributed by atoms with van der Waals surface area (Å²) >= 11 is 3.78. The molecule has 0 N–H and O–H groups in total. The molecule has 2 heterocycles. The highest BCUT2D eigenvalue weighted by molar-refractivity contribution is 8.01. The van der Waals surface area contributed by atoms with Crippen LogP contribution in [0.3, 0.4) is 0 Å². The number of nitrogens with zero attached hydrogens (tertiary/aromatic N) is 1. The Bertz CT molecular complexity index is 446. The van der Waals surface area contributed by atoms with E-state index >= 15 is 0 Å². The van der Waals surface area contributed by atoms with Crippen molar-refractivity contribution in [3.8, 4) is 0 Å². The molecule has 0 unspecified atom stereocenters. The SMILES string of the molecule is CC(C)(C)OC(=O)N1CCC(CCCSc2cccs2)CC1. The molecule has 3 nitrogen and oxygen atoms in total. The van der Waals surface area contributed by atoms with Crippen LogP contribution >= 0.6 is 23.1 Å². The van der Waals surface area contributed by atoms with Gasteiger partial charge < -0.3 is 9.64 Å². The van der Waals surface area contributed by atoms with Gasteiger partial charge in [-0.1, -0.05) is 6.07 Å². The fourth-order valence-electron chi connectivity index (χ4n) is 2.62. The molecule has 0 radical (unpaired) electrons. The van der Waals surface area contributed by atoms with Crippen molar-refractivity contribution in [1.29, 1.82) is 0 Å². The second-order valence-corrected chi connectivity index (χ2v) is 9.18. The summed E-state index contributed by atoms with van der Waals surface area (Å²) < 4.78 is 6.85. The molecule has 1 amide bonds. The first-order valence-electron chi connectivity index (χ1n) is 8.08. The van der Waals surface area contributed by atoms with E-state index in [-0.39, 0.29) is 6.09 Å². The summed E-state index contributed by atoms with van der Waals surface area (Å²) in [6.07, 6.45) is 4.62. The highest BCUT2D eigenvalue weighted by atomic mass is 32.2. The molecule has 2 rings (SSSR count). The van der Waals surface area contributed by atoms with Crippen LogP contribution in [0, 0.1) is 5.92 Å². The molecule has 1 aliphatic rings. The Morgan fingerprint density at radius 2 is 2.14 bits per heavy atom. The van der Waals surface area contributed by atoms with Crippen molar-refractivity contribution in [1.82, 2.24) is 4.90 Å². The number of carbonyl (C=O) groups excluding carboxylic acids is 1. The van der Waals surface area contributed by atoms with Crippen LogP contribution in [0.25, 0.3) is 0 Å².